The number of nitrogens with two attached hydrogens (primary N) is 1. The van der Waals surface area contributed by atoms with Crippen LogP contribution < -0.4 is 11.1 Å². The van der Waals surface area contributed by atoms with Crippen LogP contribution in [0.25, 0.3) is 0 Å². The van der Waals surface area contributed by atoms with Gasteiger partial charge in [-0.3, -0.25) is 4.79 Å². The highest BCUT2D eigenvalue weighted by molar-refractivity contribution is 7.09. The van der Waals surface area contributed by atoms with Gasteiger partial charge in [-0.15, -0.1) is 11.3 Å². The molecule has 1 aromatic rings. The fourth-order valence-electron chi connectivity index (χ4n) is 2.76. The highest BCUT2D eigenvalue weighted by Crippen LogP contribution is 2.34. The predicted molar refractivity (Wildman–Crippen MR) is 80.1 cm³/mol. The van der Waals surface area contributed by atoms with E-state index < -0.39 is 11.4 Å². The van der Waals surface area contributed by atoms with Crippen LogP contribution in [0.3, 0.4) is 0 Å². The average Bonchev–Trinajstić information content (AvgIpc) is 2.82. The van der Waals surface area contributed by atoms with Crippen LogP contribution >= 0.6 is 11.3 Å². The first-order chi connectivity index (χ1) is 10.1. The number of hydrogen-bond donors (Lipinski definition) is 3. The molecule has 0 bridgehead atoms. The fourth-order valence-corrected chi connectivity index (χ4v) is 3.47. The van der Waals surface area contributed by atoms with Crippen molar-refractivity contribution in [3.8, 4) is 0 Å². The van der Waals surface area contributed by atoms with Crippen molar-refractivity contribution in [3.63, 3.8) is 0 Å². The first kappa shape index (κ1) is 15.9. The summed E-state index contributed by atoms with van der Waals surface area (Å²) in [6.07, 6.45) is 6.03. The molecule has 4 N–H and O–H groups in total. The zero-order chi connectivity index (χ0) is 15.3. The smallest absolute Gasteiger partial charge is 0.355 e. The summed E-state index contributed by atoms with van der Waals surface area (Å²) in [5.41, 5.74) is 5.42. The molecule has 0 aliphatic heterocycles. The molecular formula is C14H21N3O3S. The number of carbonyl (C=O) groups is 2. The zero-order valence-corrected chi connectivity index (χ0v) is 12.7. The molecule has 1 fully saturated rings. The zero-order valence-electron chi connectivity index (χ0n) is 11.9. The number of thiazole rings is 1. The molecule has 116 valence electrons. The first-order valence-electron chi connectivity index (χ1n) is 7.23. The summed E-state index contributed by atoms with van der Waals surface area (Å²) in [7, 11) is 0. The van der Waals surface area contributed by atoms with Crippen LogP contribution in [0.15, 0.2) is 5.38 Å². The van der Waals surface area contributed by atoms with Crippen molar-refractivity contribution in [3.05, 3.63) is 16.1 Å². The molecule has 0 aromatic carbocycles. The molecule has 21 heavy (non-hydrogen) atoms. The van der Waals surface area contributed by atoms with E-state index in [1.165, 1.54) is 16.7 Å². The molecule has 0 spiro atoms. The summed E-state index contributed by atoms with van der Waals surface area (Å²) in [6.45, 7) is 0.621. The van der Waals surface area contributed by atoms with Crippen LogP contribution in [0.4, 0.5) is 0 Å². The number of aromatic carboxylic acids is 1. The number of nitrogens with one attached hydrogen (secondary N) is 1. The summed E-state index contributed by atoms with van der Waals surface area (Å²) >= 11 is 1.24. The number of carboxylic acids is 1. The van der Waals surface area contributed by atoms with Crippen LogP contribution in [-0.4, -0.2) is 28.5 Å². The molecule has 7 heteroatoms. The van der Waals surface area contributed by atoms with Gasteiger partial charge in [-0.1, -0.05) is 25.7 Å². The number of carboxylic acid groups (broad SMARTS) is 1. The summed E-state index contributed by atoms with van der Waals surface area (Å²) < 4.78 is 0. The van der Waals surface area contributed by atoms with Gasteiger partial charge in [-0.2, -0.15) is 0 Å². The Morgan fingerprint density at radius 2 is 2.00 bits per heavy atom. The molecular weight excluding hydrogens is 290 g/mol. The molecule has 0 saturated heterocycles. The van der Waals surface area contributed by atoms with Gasteiger partial charge in [0.1, 0.15) is 5.01 Å². The topological polar surface area (TPSA) is 105 Å². The van der Waals surface area contributed by atoms with Gasteiger partial charge >= 0.3 is 5.97 Å². The lowest BCUT2D eigenvalue weighted by atomic mass is 9.79. The summed E-state index contributed by atoms with van der Waals surface area (Å²) in [4.78, 5) is 27.2. The van der Waals surface area contributed by atoms with E-state index in [9.17, 15) is 9.59 Å². The van der Waals surface area contributed by atoms with Gasteiger partial charge in [0.05, 0.1) is 12.0 Å². The molecule has 2 rings (SSSR count). The monoisotopic (exact) mass is 311 g/mol. The van der Waals surface area contributed by atoms with Crippen LogP contribution in [0.5, 0.6) is 0 Å². The number of nitrogens with zero attached hydrogens (tertiary/aromatic N) is 1. The van der Waals surface area contributed by atoms with Crippen molar-refractivity contribution < 1.29 is 14.7 Å². The summed E-state index contributed by atoms with van der Waals surface area (Å²) in [5, 5.41) is 13.8. The van der Waals surface area contributed by atoms with Crippen molar-refractivity contribution in [2.75, 3.05) is 6.54 Å². The Kier molecular flexibility index (Phi) is 5.30. The van der Waals surface area contributed by atoms with E-state index in [-0.39, 0.29) is 18.1 Å². The van der Waals surface area contributed by atoms with Gasteiger partial charge < -0.3 is 16.2 Å². The molecule has 0 unspecified atom stereocenters. The molecule has 1 aliphatic rings. The van der Waals surface area contributed by atoms with Crippen molar-refractivity contribution in [1.82, 2.24) is 10.3 Å². The van der Waals surface area contributed by atoms with Gasteiger partial charge in [0.2, 0.25) is 5.91 Å². The maximum absolute atomic E-state index is 12.5. The molecule has 0 atom stereocenters. The van der Waals surface area contributed by atoms with E-state index in [2.05, 4.69) is 10.3 Å². The number of hydrogen-bond acceptors (Lipinski definition) is 5. The number of amides is 1. The van der Waals surface area contributed by atoms with Crippen LogP contribution in [0.1, 0.15) is 54.0 Å². The Morgan fingerprint density at radius 3 is 2.52 bits per heavy atom. The van der Waals surface area contributed by atoms with E-state index in [1.54, 1.807) is 0 Å². The maximum atomic E-state index is 12.5. The third-order valence-electron chi connectivity index (χ3n) is 4.10. The third kappa shape index (κ3) is 3.79. The minimum Gasteiger partial charge on any atom is -0.476 e. The Labute approximate surface area is 127 Å². The average molecular weight is 311 g/mol. The van der Waals surface area contributed by atoms with Crippen molar-refractivity contribution in [2.45, 2.75) is 45.1 Å². The standard InChI is InChI=1S/C14H21N3O3S/c15-9-14(5-3-1-2-4-6-14)13(20)16-7-11-17-10(8-21-11)12(18)19/h8H,1-7,9,15H2,(H,16,20)(H,18,19). The van der Waals surface area contributed by atoms with Crippen molar-refractivity contribution in [1.29, 1.82) is 0 Å². The molecule has 6 nitrogen and oxygen atoms in total. The first-order valence-corrected chi connectivity index (χ1v) is 8.11. The molecule has 1 amide bonds. The molecule has 1 saturated carbocycles. The number of carbonyl (C=O) groups excluding carboxylic acids is 1. The van der Waals surface area contributed by atoms with Gasteiger partial charge in [-0.25, -0.2) is 9.78 Å². The largest absolute Gasteiger partial charge is 0.476 e. The van der Waals surface area contributed by atoms with E-state index >= 15 is 0 Å². The molecule has 1 heterocycles. The van der Waals surface area contributed by atoms with E-state index in [0.29, 0.717) is 11.6 Å². The van der Waals surface area contributed by atoms with Crippen LogP contribution in [0, 0.1) is 5.41 Å². The summed E-state index contributed by atoms with van der Waals surface area (Å²) in [6, 6.07) is 0. The number of rotatable bonds is 5. The van der Waals surface area contributed by atoms with Crippen molar-refractivity contribution >= 4 is 23.2 Å². The fraction of sp³-hybridized carbons (Fsp3) is 0.643. The lowest BCUT2D eigenvalue weighted by Crippen LogP contribution is -2.45. The van der Waals surface area contributed by atoms with Crippen LogP contribution in [0.2, 0.25) is 0 Å². The van der Waals surface area contributed by atoms with Crippen molar-refractivity contribution in [2.24, 2.45) is 11.1 Å². The van der Waals surface area contributed by atoms with Gasteiger partial charge in [-0.05, 0) is 12.8 Å². The lowest BCUT2D eigenvalue weighted by Gasteiger charge is -2.29. The quantitative estimate of drug-likeness (QED) is 0.719. The third-order valence-corrected chi connectivity index (χ3v) is 4.95. The highest BCUT2D eigenvalue weighted by atomic mass is 32.1. The second-order valence-corrected chi connectivity index (χ2v) is 6.46. The van der Waals surface area contributed by atoms with Gasteiger partial charge in [0, 0.05) is 11.9 Å². The Balaban J connectivity index is 1.97. The van der Waals surface area contributed by atoms with Gasteiger partial charge in [0.25, 0.3) is 0 Å². The maximum Gasteiger partial charge on any atom is 0.355 e. The van der Waals surface area contributed by atoms with Gasteiger partial charge in [0.15, 0.2) is 5.69 Å². The molecule has 1 aliphatic carbocycles. The van der Waals surface area contributed by atoms with E-state index in [4.69, 9.17) is 10.8 Å². The Morgan fingerprint density at radius 1 is 1.33 bits per heavy atom. The predicted octanol–water partition coefficient (Wildman–Crippen LogP) is 1.76. The second-order valence-electron chi connectivity index (χ2n) is 5.51. The molecule has 1 aromatic heterocycles. The lowest BCUT2D eigenvalue weighted by molar-refractivity contribution is -0.131. The second kappa shape index (κ2) is 7.00. The van der Waals surface area contributed by atoms with E-state index in [1.807, 2.05) is 0 Å². The number of aromatic nitrogens is 1. The minimum absolute atomic E-state index is 0.0206. The SMILES string of the molecule is NCC1(C(=O)NCc2nc(C(=O)O)cs2)CCCCCC1. The Hall–Kier alpha value is -1.47. The highest BCUT2D eigenvalue weighted by Gasteiger charge is 2.37. The minimum atomic E-state index is -1.05. The normalized spacial score (nSPS) is 18.0. The molecule has 0 radical (unpaired) electrons. The Bertz CT molecular complexity index is 507. The van der Waals surface area contributed by atoms with Crippen LogP contribution in [-0.2, 0) is 11.3 Å². The summed E-state index contributed by atoms with van der Waals surface area (Å²) in [5.74, 6) is -1.08. The van der Waals surface area contributed by atoms with E-state index in [0.717, 1.165) is 38.5 Å².